The number of carbonyl (C=O) groups is 1. The summed E-state index contributed by atoms with van der Waals surface area (Å²) >= 11 is 0. The number of hydrogen-bond donors (Lipinski definition) is 1. The van der Waals surface area contributed by atoms with Crippen LogP contribution in [0.25, 0.3) is 0 Å². The molecule has 5 rings (SSSR count). The number of methoxy groups -OCH3 is 2. The van der Waals surface area contributed by atoms with Crippen molar-refractivity contribution in [3.8, 4) is 23.0 Å². The molecule has 0 aromatic heterocycles. The number of hydrogen-bond acceptors (Lipinski definition) is 6. The minimum Gasteiger partial charge on any atom is -0.497 e. The second-order valence-corrected chi connectivity index (χ2v) is 8.00. The topological polar surface area (TPSA) is 75.6 Å². The molecule has 0 atom stereocenters. The van der Waals surface area contributed by atoms with Crippen LogP contribution in [-0.2, 0) is 0 Å². The molecule has 3 aromatic rings. The van der Waals surface area contributed by atoms with Gasteiger partial charge in [0.25, 0.3) is 0 Å². The summed E-state index contributed by atoms with van der Waals surface area (Å²) in [7, 11) is 3.26. The van der Waals surface area contributed by atoms with Crippen LogP contribution in [0.4, 0.5) is 16.2 Å². The zero-order valence-corrected chi connectivity index (χ0v) is 19.2. The van der Waals surface area contributed by atoms with Crippen molar-refractivity contribution in [1.29, 1.82) is 0 Å². The van der Waals surface area contributed by atoms with E-state index in [0.717, 1.165) is 40.0 Å². The van der Waals surface area contributed by atoms with Crippen molar-refractivity contribution < 1.29 is 19.0 Å². The molecule has 0 spiro atoms. The van der Waals surface area contributed by atoms with E-state index in [-0.39, 0.29) is 6.03 Å². The van der Waals surface area contributed by atoms with Gasteiger partial charge in [-0.3, -0.25) is 0 Å². The molecule has 2 aliphatic rings. The van der Waals surface area contributed by atoms with Gasteiger partial charge in [-0.05, 0) is 54.6 Å². The number of ether oxygens (including phenoxy) is 3. The molecule has 0 unspecified atom stereocenters. The van der Waals surface area contributed by atoms with Gasteiger partial charge in [0.05, 0.1) is 19.8 Å². The second-order valence-electron chi connectivity index (χ2n) is 8.00. The van der Waals surface area contributed by atoms with E-state index < -0.39 is 0 Å². The molecule has 0 aliphatic carbocycles. The van der Waals surface area contributed by atoms with Crippen LogP contribution in [-0.4, -0.2) is 62.1 Å². The molecule has 0 saturated carbocycles. The van der Waals surface area contributed by atoms with E-state index in [1.54, 1.807) is 14.2 Å². The monoisotopic (exact) mass is 458 g/mol. The Bertz CT molecular complexity index is 1220. The number of benzene rings is 3. The van der Waals surface area contributed by atoms with Crippen molar-refractivity contribution in [3.05, 3.63) is 72.3 Å². The molecule has 8 heteroatoms. The largest absolute Gasteiger partial charge is 0.497 e. The van der Waals surface area contributed by atoms with E-state index in [1.165, 1.54) is 0 Å². The lowest BCUT2D eigenvalue weighted by molar-refractivity contribution is 0.181. The van der Waals surface area contributed by atoms with Crippen molar-refractivity contribution in [3.63, 3.8) is 0 Å². The fourth-order valence-electron chi connectivity index (χ4n) is 4.07. The van der Waals surface area contributed by atoms with Gasteiger partial charge in [-0.1, -0.05) is 12.1 Å². The maximum Gasteiger partial charge on any atom is 0.321 e. The molecule has 1 fully saturated rings. The van der Waals surface area contributed by atoms with Gasteiger partial charge in [0, 0.05) is 31.9 Å². The number of piperazine rings is 1. The first-order valence-electron chi connectivity index (χ1n) is 11.1. The summed E-state index contributed by atoms with van der Waals surface area (Å²) < 4.78 is 16.8. The molecule has 0 bridgehead atoms. The summed E-state index contributed by atoms with van der Waals surface area (Å²) in [6.07, 6.45) is 0. The smallest absolute Gasteiger partial charge is 0.321 e. The molecule has 2 heterocycles. The van der Waals surface area contributed by atoms with Gasteiger partial charge in [-0.15, -0.1) is 0 Å². The molecule has 1 N–H and O–H groups in total. The van der Waals surface area contributed by atoms with Crippen molar-refractivity contribution in [1.82, 2.24) is 9.80 Å². The van der Waals surface area contributed by atoms with Crippen LogP contribution < -0.4 is 19.5 Å². The van der Waals surface area contributed by atoms with Gasteiger partial charge in [-0.25, -0.2) is 9.79 Å². The molecule has 174 valence electrons. The number of nitrogens with zero attached hydrogens (tertiary/aromatic N) is 3. The van der Waals surface area contributed by atoms with Gasteiger partial charge in [0.15, 0.2) is 5.75 Å². The maximum absolute atomic E-state index is 12.8. The van der Waals surface area contributed by atoms with Crippen LogP contribution in [0.2, 0.25) is 0 Å². The third-order valence-electron chi connectivity index (χ3n) is 5.95. The molecule has 2 amide bonds. The Morgan fingerprint density at radius 3 is 2.32 bits per heavy atom. The maximum atomic E-state index is 12.8. The fraction of sp³-hybridized carbons (Fsp3) is 0.231. The van der Waals surface area contributed by atoms with Gasteiger partial charge in [0.1, 0.15) is 28.8 Å². The Morgan fingerprint density at radius 1 is 0.882 bits per heavy atom. The lowest BCUT2D eigenvalue weighted by Gasteiger charge is -2.36. The Hall–Kier alpha value is -4.20. The van der Waals surface area contributed by atoms with Crippen LogP contribution in [0.5, 0.6) is 23.0 Å². The number of amides is 2. The first-order chi connectivity index (χ1) is 16.6. The number of anilines is 1. The third-order valence-corrected chi connectivity index (χ3v) is 5.95. The number of rotatable bonds is 3. The molecule has 8 nitrogen and oxygen atoms in total. The number of carbonyl (C=O) groups excluding carboxylic acids is 1. The van der Waals surface area contributed by atoms with E-state index in [2.05, 4.69) is 10.2 Å². The summed E-state index contributed by atoms with van der Waals surface area (Å²) in [4.78, 5) is 21.8. The number of amidine groups is 1. The predicted molar refractivity (Wildman–Crippen MR) is 131 cm³/mol. The summed E-state index contributed by atoms with van der Waals surface area (Å²) in [6.45, 7) is 2.44. The number of para-hydroxylation sites is 2. The number of nitrogens with one attached hydrogen (secondary N) is 1. The van der Waals surface area contributed by atoms with Crippen molar-refractivity contribution in [2.24, 2.45) is 4.99 Å². The fourth-order valence-corrected chi connectivity index (χ4v) is 4.07. The predicted octanol–water partition coefficient (Wildman–Crippen LogP) is 4.74. The molecule has 0 radical (unpaired) electrons. The van der Waals surface area contributed by atoms with Crippen molar-refractivity contribution in [2.75, 3.05) is 45.7 Å². The number of urea groups is 1. The van der Waals surface area contributed by atoms with Crippen LogP contribution in [0.1, 0.15) is 5.56 Å². The highest BCUT2D eigenvalue weighted by Gasteiger charge is 2.28. The van der Waals surface area contributed by atoms with Gasteiger partial charge in [0.2, 0.25) is 0 Å². The summed E-state index contributed by atoms with van der Waals surface area (Å²) in [6, 6.07) is 20.6. The van der Waals surface area contributed by atoms with E-state index in [0.29, 0.717) is 31.9 Å². The highest BCUT2D eigenvalue weighted by Crippen LogP contribution is 2.39. The van der Waals surface area contributed by atoms with Gasteiger partial charge < -0.3 is 29.3 Å². The van der Waals surface area contributed by atoms with E-state index in [1.807, 2.05) is 71.6 Å². The lowest BCUT2D eigenvalue weighted by Crippen LogP contribution is -2.51. The van der Waals surface area contributed by atoms with Gasteiger partial charge >= 0.3 is 6.03 Å². The first-order valence-corrected chi connectivity index (χ1v) is 11.1. The second kappa shape index (κ2) is 9.35. The molecular formula is C26H26N4O4. The van der Waals surface area contributed by atoms with E-state index in [9.17, 15) is 4.79 Å². The summed E-state index contributed by atoms with van der Waals surface area (Å²) in [5.74, 6) is 3.73. The van der Waals surface area contributed by atoms with Crippen LogP contribution in [0.15, 0.2) is 71.7 Å². The quantitative estimate of drug-likeness (QED) is 0.614. The van der Waals surface area contributed by atoms with Crippen LogP contribution in [0.3, 0.4) is 0 Å². The average Bonchev–Trinajstić information content (AvgIpc) is 3.05. The van der Waals surface area contributed by atoms with E-state index in [4.69, 9.17) is 19.2 Å². The normalized spacial score (nSPS) is 14.7. The summed E-state index contributed by atoms with van der Waals surface area (Å²) in [5.41, 5.74) is 2.37. The highest BCUT2D eigenvalue weighted by molar-refractivity contribution is 6.04. The van der Waals surface area contributed by atoms with E-state index >= 15 is 0 Å². The number of aliphatic imine (C=N–C) groups is 1. The average molecular weight is 459 g/mol. The Balaban J connectivity index is 1.34. The molecule has 3 aromatic carbocycles. The van der Waals surface area contributed by atoms with Crippen molar-refractivity contribution >= 4 is 23.2 Å². The Morgan fingerprint density at radius 2 is 1.59 bits per heavy atom. The van der Waals surface area contributed by atoms with Crippen molar-refractivity contribution in [2.45, 2.75) is 0 Å². The van der Waals surface area contributed by atoms with Crippen LogP contribution >= 0.6 is 0 Å². The highest BCUT2D eigenvalue weighted by atomic mass is 16.5. The third kappa shape index (κ3) is 4.34. The minimum absolute atomic E-state index is 0.122. The lowest BCUT2D eigenvalue weighted by atomic mass is 10.1. The molecule has 1 saturated heterocycles. The summed E-state index contributed by atoms with van der Waals surface area (Å²) in [5, 5.41) is 2.96. The zero-order chi connectivity index (χ0) is 23.5. The molecule has 34 heavy (non-hydrogen) atoms. The van der Waals surface area contributed by atoms with Gasteiger partial charge in [-0.2, -0.15) is 0 Å². The number of fused-ring (bicyclic) bond motifs is 2. The standard InChI is InChI=1S/C26H26N4O4/c1-32-19-9-7-18(8-10-19)27-26(31)30-15-13-29(14-16-30)25-21-17-20(33-2)11-12-23(21)34-24-6-4-3-5-22(24)28-25/h3-12,17H,13-16H2,1-2H3,(H,27,31). The zero-order valence-electron chi connectivity index (χ0n) is 19.2. The minimum atomic E-state index is -0.122. The Kier molecular flexibility index (Phi) is 5.95. The SMILES string of the molecule is COc1ccc(NC(=O)N2CCN(C3=Nc4ccccc4Oc4ccc(OC)cc43)CC2)cc1. The first kappa shape index (κ1) is 21.6. The Labute approximate surface area is 198 Å². The molecule has 2 aliphatic heterocycles. The molecular weight excluding hydrogens is 432 g/mol. The van der Waals surface area contributed by atoms with Crippen LogP contribution in [0, 0.1) is 0 Å².